The first-order valence-corrected chi connectivity index (χ1v) is 12.6. The Bertz CT molecular complexity index is 1080. The number of carbonyl (C=O) groups excluding carboxylic acids is 2. The molecule has 0 aliphatic carbocycles. The lowest BCUT2D eigenvalue weighted by molar-refractivity contribution is -0.122. The number of hydrogen-bond acceptors (Lipinski definition) is 4. The minimum Gasteiger partial charge on any atom is -0.389 e. The van der Waals surface area contributed by atoms with E-state index in [1.165, 1.54) is 22.5 Å². The van der Waals surface area contributed by atoms with Gasteiger partial charge in [-0.25, -0.2) is 0 Å². The molecule has 0 amide bonds. The number of carbonyl (C=O) groups is 2. The Morgan fingerprint density at radius 3 is 1.43 bits per heavy atom. The largest absolute Gasteiger partial charge is 0.389 e. The number of nitrogens with one attached hydrogen (secondary N) is 3. The second-order valence-corrected chi connectivity index (χ2v) is 9.41. The van der Waals surface area contributed by atoms with E-state index >= 15 is 0 Å². The molecule has 0 bridgehead atoms. The van der Waals surface area contributed by atoms with Crippen molar-refractivity contribution in [2.24, 2.45) is 0 Å². The molecule has 0 unspecified atom stereocenters. The van der Waals surface area contributed by atoms with Gasteiger partial charge in [-0.05, 0) is 73.9 Å². The minimum atomic E-state index is -0.403. The maximum Gasteiger partial charge on any atom is 0.158 e. The Morgan fingerprint density at radius 2 is 1.09 bits per heavy atom. The molecule has 5 N–H and O–H groups in total. The predicted molar refractivity (Wildman–Crippen MR) is 137 cm³/mol. The highest BCUT2D eigenvalue weighted by molar-refractivity contribution is 5.79. The minimum absolute atomic E-state index is 0.141. The number of rotatable bonds is 14. The summed E-state index contributed by atoms with van der Waals surface area (Å²) >= 11 is 0. The van der Waals surface area contributed by atoms with E-state index in [2.05, 4.69) is 54.8 Å². The Morgan fingerprint density at radius 1 is 0.686 bits per heavy atom. The lowest BCUT2D eigenvalue weighted by Crippen LogP contribution is -2.05. The van der Waals surface area contributed by atoms with Crippen LogP contribution in [0.4, 0.5) is 0 Å². The van der Waals surface area contributed by atoms with Gasteiger partial charge in [-0.15, -0.1) is 0 Å². The monoisotopic (exact) mass is 481 g/mol. The Hall–Kier alpha value is -2.90. The number of aromatic nitrogens is 3. The molecule has 0 fully saturated rings. The van der Waals surface area contributed by atoms with Crippen molar-refractivity contribution in [3.05, 3.63) is 68.6 Å². The van der Waals surface area contributed by atoms with Crippen molar-refractivity contribution in [1.82, 2.24) is 15.0 Å². The molecule has 7 heteroatoms. The van der Waals surface area contributed by atoms with Crippen molar-refractivity contribution in [2.45, 2.75) is 79.1 Å². The molecule has 0 radical (unpaired) electrons. The van der Waals surface area contributed by atoms with Gasteiger partial charge in [0.15, 0.2) is 11.6 Å². The van der Waals surface area contributed by atoms with E-state index in [4.69, 9.17) is 10.2 Å². The van der Waals surface area contributed by atoms with Crippen molar-refractivity contribution < 1.29 is 19.8 Å². The molecule has 0 saturated heterocycles. The van der Waals surface area contributed by atoms with Gasteiger partial charge < -0.3 is 25.2 Å². The highest BCUT2D eigenvalue weighted by Crippen LogP contribution is 2.26. The molecule has 3 aromatic heterocycles. The van der Waals surface area contributed by atoms with Crippen LogP contribution >= 0.6 is 0 Å². The summed E-state index contributed by atoms with van der Waals surface area (Å²) in [5.41, 5.74) is 11.8. The summed E-state index contributed by atoms with van der Waals surface area (Å²) in [5, 5.41) is 18.0. The number of aromatic amines is 3. The molecule has 3 rings (SSSR count). The van der Waals surface area contributed by atoms with Crippen molar-refractivity contribution in [3.63, 3.8) is 0 Å². The van der Waals surface area contributed by atoms with Gasteiger partial charge in [-0.1, -0.05) is 13.8 Å². The summed E-state index contributed by atoms with van der Waals surface area (Å²) in [6.07, 6.45) is 5.34. The molecule has 7 nitrogen and oxygen atoms in total. The zero-order valence-corrected chi connectivity index (χ0v) is 21.4. The first kappa shape index (κ1) is 26.7. The maximum atomic E-state index is 11.5. The second kappa shape index (κ2) is 12.2. The van der Waals surface area contributed by atoms with Crippen LogP contribution < -0.4 is 0 Å². The van der Waals surface area contributed by atoms with Gasteiger partial charge in [0.1, 0.15) is 13.2 Å². The quantitative estimate of drug-likeness (QED) is 0.242. The maximum absolute atomic E-state index is 11.5. The average molecular weight is 482 g/mol. The zero-order valence-electron chi connectivity index (χ0n) is 21.4. The molecule has 35 heavy (non-hydrogen) atoms. The molecule has 0 spiro atoms. The normalized spacial score (nSPS) is 11.4. The van der Waals surface area contributed by atoms with E-state index in [1.807, 2.05) is 0 Å². The first-order chi connectivity index (χ1) is 16.8. The fraction of sp³-hybridized carbons (Fsp3) is 0.500. The van der Waals surface area contributed by atoms with E-state index in [9.17, 15) is 9.59 Å². The fourth-order valence-corrected chi connectivity index (χ4v) is 4.98. The lowest BCUT2D eigenvalue weighted by atomic mass is 10.0. The topological polar surface area (TPSA) is 122 Å². The molecule has 3 aromatic rings. The van der Waals surface area contributed by atoms with E-state index < -0.39 is 13.2 Å². The number of H-pyrrole nitrogens is 3. The van der Waals surface area contributed by atoms with Crippen LogP contribution in [-0.4, -0.2) is 49.9 Å². The van der Waals surface area contributed by atoms with Gasteiger partial charge in [-0.2, -0.15) is 0 Å². The molecule has 0 aromatic carbocycles. The van der Waals surface area contributed by atoms with Crippen molar-refractivity contribution in [1.29, 1.82) is 0 Å². The van der Waals surface area contributed by atoms with E-state index in [-0.39, 0.29) is 11.6 Å². The smallest absolute Gasteiger partial charge is 0.158 e. The number of aliphatic hydroxyl groups is 2. The highest BCUT2D eigenvalue weighted by Gasteiger charge is 2.18. The number of aryl methyl sites for hydroxylation is 4. The Labute approximate surface area is 207 Å². The van der Waals surface area contributed by atoms with Gasteiger partial charge in [-0.3, -0.25) is 9.59 Å². The second-order valence-electron chi connectivity index (χ2n) is 9.41. The predicted octanol–water partition coefficient (Wildman–Crippen LogP) is 3.58. The van der Waals surface area contributed by atoms with Crippen LogP contribution in [-0.2, 0) is 48.1 Å². The number of Topliss-reactive ketones (excluding diaryl/α,β-unsaturated/α-hetero) is 2. The van der Waals surface area contributed by atoms with E-state index in [0.717, 1.165) is 59.6 Å². The molecule has 0 aliphatic rings. The third-order valence-corrected chi connectivity index (χ3v) is 6.85. The third kappa shape index (κ3) is 6.61. The Balaban J connectivity index is 1.79. The van der Waals surface area contributed by atoms with Crippen LogP contribution in [0.25, 0.3) is 0 Å². The number of aliphatic hydroxyl groups excluding tert-OH is 2. The van der Waals surface area contributed by atoms with Crippen molar-refractivity contribution in [2.75, 3.05) is 13.2 Å². The fourth-order valence-electron chi connectivity index (χ4n) is 4.98. The molecule has 0 atom stereocenters. The highest BCUT2D eigenvalue weighted by atomic mass is 16.3. The summed E-state index contributed by atoms with van der Waals surface area (Å²) < 4.78 is 0. The molecule has 3 heterocycles. The van der Waals surface area contributed by atoms with Gasteiger partial charge in [0.25, 0.3) is 0 Å². The molecule has 190 valence electrons. The summed E-state index contributed by atoms with van der Waals surface area (Å²) in [6, 6.07) is 4.30. The third-order valence-electron chi connectivity index (χ3n) is 6.85. The van der Waals surface area contributed by atoms with Crippen LogP contribution in [0.5, 0.6) is 0 Å². The van der Waals surface area contributed by atoms with Crippen molar-refractivity contribution in [3.8, 4) is 0 Å². The number of ketones is 2. The molecular weight excluding hydrogens is 442 g/mol. The summed E-state index contributed by atoms with van der Waals surface area (Å²) in [5.74, 6) is -0.281. The van der Waals surface area contributed by atoms with Gasteiger partial charge in [0.05, 0.1) is 0 Å². The van der Waals surface area contributed by atoms with Crippen LogP contribution in [0.2, 0.25) is 0 Å². The standard InChI is InChI=1S/C28H39N3O4/c1-5-23-24(6-2)28(14-20-12-18(4)26(30-20)10-8-22(35)16-33)31-27(23)13-19-11-17(3)25(29-19)9-7-21(34)15-32/h11-12,29-33H,5-10,13-16H2,1-4H3. The van der Waals surface area contributed by atoms with E-state index in [1.54, 1.807) is 0 Å². The first-order valence-electron chi connectivity index (χ1n) is 12.6. The molecule has 0 saturated carbocycles. The average Bonchev–Trinajstić information content (AvgIpc) is 3.49. The molecular formula is C28H39N3O4. The van der Waals surface area contributed by atoms with Gasteiger partial charge in [0.2, 0.25) is 0 Å². The summed E-state index contributed by atoms with van der Waals surface area (Å²) in [6.45, 7) is 7.68. The zero-order chi connectivity index (χ0) is 25.5. The number of hydrogen-bond donors (Lipinski definition) is 5. The van der Waals surface area contributed by atoms with E-state index in [0.29, 0.717) is 25.7 Å². The summed E-state index contributed by atoms with van der Waals surface area (Å²) in [4.78, 5) is 33.7. The summed E-state index contributed by atoms with van der Waals surface area (Å²) in [7, 11) is 0. The van der Waals surface area contributed by atoms with Crippen LogP contribution in [0, 0.1) is 13.8 Å². The SMILES string of the molecule is CCc1c(Cc2cc(C)c(CCC(=O)CO)[nH]2)[nH]c(Cc2cc(C)c(CCC(=O)CO)[nH]2)c1CC. The Kier molecular flexibility index (Phi) is 9.29. The van der Waals surface area contributed by atoms with Crippen LogP contribution in [0.1, 0.15) is 83.1 Å². The van der Waals surface area contributed by atoms with Gasteiger partial charge >= 0.3 is 0 Å². The molecule has 0 aliphatic heterocycles. The lowest BCUT2D eigenvalue weighted by Gasteiger charge is -2.04. The van der Waals surface area contributed by atoms with Crippen LogP contribution in [0.15, 0.2) is 12.1 Å². The van der Waals surface area contributed by atoms with Crippen LogP contribution in [0.3, 0.4) is 0 Å². The van der Waals surface area contributed by atoms with Gasteiger partial charge in [0, 0.05) is 59.8 Å². The van der Waals surface area contributed by atoms with Crippen molar-refractivity contribution >= 4 is 11.6 Å².